The molecule has 1 aliphatic heterocycles. The number of ether oxygens (including phenoxy) is 1. The highest BCUT2D eigenvalue weighted by molar-refractivity contribution is 5.99. The number of nitrogens with zero attached hydrogens (tertiary/aromatic N) is 1. The van der Waals surface area contributed by atoms with Crippen molar-refractivity contribution in [1.29, 1.82) is 0 Å². The van der Waals surface area contributed by atoms with Gasteiger partial charge in [0.25, 0.3) is 5.91 Å². The predicted octanol–water partition coefficient (Wildman–Crippen LogP) is 2.54. The molecule has 1 heterocycles. The Labute approximate surface area is 114 Å². The summed E-state index contributed by atoms with van der Waals surface area (Å²) in [6.45, 7) is 6.10. The Kier molecular flexibility index (Phi) is 3.69. The number of hydrogen-bond donors (Lipinski definition) is 1. The summed E-state index contributed by atoms with van der Waals surface area (Å²) < 4.78 is 5.10. The lowest BCUT2D eigenvalue weighted by Crippen LogP contribution is -2.41. The number of likely N-dealkylation sites (tertiary alicyclic amines) is 1. The number of nitrogen functional groups attached to an aromatic ring is 1. The van der Waals surface area contributed by atoms with E-state index in [2.05, 4.69) is 13.8 Å². The fourth-order valence-electron chi connectivity index (χ4n) is 2.35. The number of amides is 1. The van der Waals surface area contributed by atoms with Gasteiger partial charge in [0.1, 0.15) is 5.75 Å². The zero-order valence-corrected chi connectivity index (χ0v) is 11.9. The third-order valence-electron chi connectivity index (χ3n) is 3.89. The molecule has 1 aromatic carbocycles. The predicted molar refractivity (Wildman–Crippen MR) is 76.3 cm³/mol. The lowest BCUT2D eigenvalue weighted by Gasteiger charge is -2.37. The molecule has 0 bridgehead atoms. The molecule has 1 aliphatic rings. The van der Waals surface area contributed by atoms with E-state index in [0.717, 1.165) is 25.9 Å². The van der Waals surface area contributed by atoms with E-state index in [1.807, 2.05) is 4.90 Å². The van der Waals surface area contributed by atoms with Crippen molar-refractivity contribution >= 4 is 11.6 Å². The van der Waals surface area contributed by atoms with E-state index in [9.17, 15) is 4.79 Å². The van der Waals surface area contributed by atoms with Gasteiger partial charge in [0.15, 0.2) is 0 Å². The Morgan fingerprint density at radius 3 is 2.47 bits per heavy atom. The first kappa shape index (κ1) is 13.7. The Bertz CT molecular complexity index is 473. The van der Waals surface area contributed by atoms with Crippen LogP contribution < -0.4 is 10.5 Å². The van der Waals surface area contributed by atoms with Crippen molar-refractivity contribution in [3.8, 4) is 5.75 Å². The molecule has 19 heavy (non-hydrogen) atoms. The summed E-state index contributed by atoms with van der Waals surface area (Å²) in [5, 5.41) is 0. The van der Waals surface area contributed by atoms with Crippen LogP contribution in [0.2, 0.25) is 0 Å². The fourth-order valence-corrected chi connectivity index (χ4v) is 2.35. The summed E-state index contributed by atoms with van der Waals surface area (Å²) in [5.41, 5.74) is 7.32. The van der Waals surface area contributed by atoms with Gasteiger partial charge in [0, 0.05) is 24.8 Å². The molecule has 0 radical (unpaired) electrons. The number of carbonyl (C=O) groups excluding carboxylic acids is 1. The lowest BCUT2D eigenvalue weighted by molar-refractivity contribution is 0.0631. The highest BCUT2D eigenvalue weighted by Crippen LogP contribution is 2.31. The second-order valence-electron chi connectivity index (χ2n) is 5.91. The maximum atomic E-state index is 12.4. The molecule has 4 heteroatoms. The van der Waals surface area contributed by atoms with Crippen LogP contribution in [0.1, 0.15) is 37.0 Å². The quantitative estimate of drug-likeness (QED) is 0.833. The topological polar surface area (TPSA) is 55.6 Å². The molecule has 104 valence electrons. The van der Waals surface area contributed by atoms with Crippen LogP contribution in [0.15, 0.2) is 18.2 Å². The number of piperidine rings is 1. The maximum Gasteiger partial charge on any atom is 0.255 e. The minimum absolute atomic E-state index is 0.0238. The monoisotopic (exact) mass is 262 g/mol. The van der Waals surface area contributed by atoms with Crippen LogP contribution in [-0.4, -0.2) is 31.0 Å². The highest BCUT2D eigenvalue weighted by Gasteiger charge is 2.28. The van der Waals surface area contributed by atoms with Gasteiger partial charge in [-0.25, -0.2) is 0 Å². The molecule has 0 aromatic heterocycles. The standard InChI is InChI=1S/C15H22N2O2/c1-15(2)6-8-17(9-7-15)14(18)12-5-4-11(19-3)10-13(12)16/h4-5,10H,6-9,16H2,1-3H3. The molecule has 4 nitrogen and oxygen atoms in total. The lowest BCUT2D eigenvalue weighted by atomic mass is 9.82. The van der Waals surface area contributed by atoms with Gasteiger partial charge < -0.3 is 15.4 Å². The molecule has 0 spiro atoms. The van der Waals surface area contributed by atoms with E-state index < -0.39 is 0 Å². The Morgan fingerprint density at radius 1 is 1.32 bits per heavy atom. The third kappa shape index (κ3) is 3.00. The van der Waals surface area contributed by atoms with Crippen LogP contribution >= 0.6 is 0 Å². The van der Waals surface area contributed by atoms with Crippen LogP contribution in [0.5, 0.6) is 5.75 Å². The highest BCUT2D eigenvalue weighted by atomic mass is 16.5. The van der Waals surface area contributed by atoms with Crippen LogP contribution in [0.25, 0.3) is 0 Å². The van der Waals surface area contributed by atoms with Gasteiger partial charge >= 0.3 is 0 Å². The first-order valence-corrected chi connectivity index (χ1v) is 6.66. The summed E-state index contributed by atoms with van der Waals surface area (Å²) >= 11 is 0. The van der Waals surface area contributed by atoms with Crippen molar-refractivity contribution in [3.63, 3.8) is 0 Å². The number of anilines is 1. The van der Waals surface area contributed by atoms with E-state index in [1.54, 1.807) is 25.3 Å². The molecule has 1 saturated heterocycles. The van der Waals surface area contributed by atoms with Gasteiger partial charge in [0.05, 0.1) is 12.7 Å². The van der Waals surface area contributed by atoms with Crippen molar-refractivity contribution in [2.45, 2.75) is 26.7 Å². The normalized spacial score (nSPS) is 18.2. The Morgan fingerprint density at radius 2 is 1.95 bits per heavy atom. The smallest absolute Gasteiger partial charge is 0.255 e. The molecule has 0 aliphatic carbocycles. The van der Waals surface area contributed by atoms with E-state index >= 15 is 0 Å². The van der Waals surface area contributed by atoms with Crippen LogP contribution in [0.3, 0.4) is 0 Å². The van der Waals surface area contributed by atoms with Crippen molar-refractivity contribution in [1.82, 2.24) is 4.90 Å². The van der Waals surface area contributed by atoms with Gasteiger partial charge in [-0.05, 0) is 30.4 Å². The average Bonchev–Trinajstić information content (AvgIpc) is 2.37. The average molecular weight is 262 g/mol. The molecule has 1 aromatic rings. The van der Waals surface area contributed by atoms with Crippen molar-refractivity contribution in [2.75, 3.05) is 25.9 Å². The first-order valence-electron chi connectivity index (χ1n) is 6.66. The summed E-state index contributed by atoms with van der Waals surface area (Å²) in [7, 11) is 1.59. The van der Waals surface area contributed by atoms with Crippen molar-refractivity contribution in [3.05, 3.63) is 23.8 Å². The van der Waals surface area contributed by atoms with Gasteiger partial charge in [0.2, 0.25) is 0 Å². The molecule has 1 amide bonds. The van der Waals surface area contributed by atoms with E-state index in [4.69, 9.17) is 10.5 Å². The molecular formula is C15H22N2O2. The SMILES string of the molecule is COc1ccc(C(=O)N2CCC(C)(C)CC2)c(N)c1. The molecular weight excluding hydrogens is 240 g/mol. The maximum absolute atomic E-state index is 12.4. The second-order valence-corrected chi connectivity index (χ2v) is 5.91. The number of benzene rings is 1. The summed E-state index contributed by atoms with van der Waals surface area (Å²) in [6.07, 6.45) is 2.07. The van der Waals surface area contributed by atoms with E-state index in [0.29, 0.717) is 22.4 Å². The number of carbonyl (C=O) groups is 1. The zero-order valence-electron chi connectivity index (χ0n) is 11.9. The molecule has 1 fully saturated rings. The number of nitrogens with two attached hydrogens (primary N) is 1. The third-order valence-corrected chi connectivity index (χ3v) is 3.89. The number of methoxy groups -OCH3 is 1. The fraction of sp³-hybridized carbons (Fsp3) is 0.533. The Balaban J connectivity index is 2.12. The van der Waals surface area contributed by atoms with Crippen LogP contribution in [0, 0.1) is 5.41 Å². The molecule has 2 rings (SSSR count). The van der Waals surface area contributed by atoms with E-state index in [1.165, 1.54) is 0 Å². The van der Waals surface area contributed by atoms with Crippen LogP contribution in [0.4, 0.5) is 5.69 Å². The van der Waals surface area contributed by atoms with Gasteiger partial charge in [-0.1, -0.05) is 13.8 Å². The van der Waals surface area contributed by atoms with Crippen LogP contribution in [-0.2, 0) is 0 Å². The molecule has 0 atom stereocenters. The zero-order chi connectivity index (χ0) is 14.0. The summed E-state index contributed by atoms with van der Waals surface area (Å²) in [4.78, 5) is 14.3. The molecule has 0 saturated carbocycles. The summed E-state index contributed by atoms with van der Waals surface area (Å²) in [5.74, 6) is 0.699. The van der Waals surface area contributed by atoms with Gasteiger partial charge in [-0.15, -0.1) is 0 Å². The van der Waals surface area contributed by atoms with E-state index in [-0.39, 0.29) is 5.91 Å². The minimum Gasteiger partial charge on any atom is -0.497 e. The van der Waals surface area contributed by atoms with Gasteiger partial charge in [-0.3, -0.25) is 4.79 Å². The minimum atomic E-state index is 0.0238. The number of hydrogen-bond acceptors (Lipinski definition) is 3. The Hall–Kier alpha value is -1.71. The van der Waals surface area contributed by atoms with Crippen molar-refractivity contribution in [2.24, 2.45) is 5.41 Å². The largest absolute Gasteiger partial charge is 0.497 e. The second kappa shape index (κ2) is 5.11. The molecule has 0 unspecified atom stereocenters. The van der Waals surface area contributed by atoms with Crippen molar-refractivity contribution < 1.29 is 9.53 Å². The molecule has 2 N–H and O–H groups in total. The first-order chi connectivity index (χ1) is 8.93. The van der Waals surface area contributed by atoms with Gasteiger partial charge in [-0.2, -0.15) is 0 Å². The number of rotatable bonds is 2. The summed E-state index contributed by atoms with van der Waals surface area (Å²) in [6, 6.07) is 5.22.